The van der Waals surface area contributed by atoms with Crippen LogP contribution in [0.1, 0.15) is 232 Å². The van der Waals surface area contributed by atoms with Crippen LogP contribution in [0.2, 0.25) is 0 Å². The molecule has 8 unspecified atom stereocenters. The molecule has 4 aliphatic heterocycles. The third-order valence-corrected chi connectivity index (χ3v) is 36.7. The van der Waals surface area contributed by atoms with Crippen molar-refractivity contribution in [2.24, 2.45) is 0 Å². The van der Waals surface area contributed by atoms with Gasteiger partial charge in [0.1, 0.15) is 0 Å². The van der Waals surface area contributed by atoms with Crippen LogP contribution in [0.25, 0.3) is 131 Å². The van der Waals surface area contributed by atoms with Crippen molar-refractivity contribution in [2.45, 2.75) is 253 Å². The molecule has 0 bridgehead atoms. The summed E-state index contributed by atoms with van der Waals surface area (Å²) in [6.45, 7) is 21.1. The zero-order chi connectivity index (χ0) is 87.4. The molecule has 4 heterocycles. The minimum Gasteiger partial charge on any atom is -0.334 e. The molecule has 0 saturated heterocycles. The van der Waals surface area contributed by atoms with Crippen molar-refractivity contribution < 1.29 is 0 Å². The SMILES string of the molecule is CC12CCCCCCC1(C)N(c1ccccc1)c1ccc(-c3ccc4c5c(-c6ccccc6)c6c7ccc(-c8ccc9c(c8)C8(C)CCCCCCC8(C)N9c8ccccc8)c8c(-c9ccc%10c(c9)C9(C)CCCCCCC9(C)N%10c9ccccc9)ccc(c6c(-c6ccccc6)c5c5ccc(-c6ccc9c(c6)C6(C)CCCCCCC6(C)N9c6ccccc6)c3c45)c87)cc12. The summed E-state index contributed by atoms with van der Waals surface area (Å²) in [6.07, 6.45) is 29.3. The van der Waals surface area contributed by atoms with Gasteiger partial charge in [0, 0.05) is 67.2 Å². The summed E-state index contributed by atoms with van der Waals surface area (Å²) < 4.78 is 0. The predicted molar refractivity (Wildman–Crippen MR) is 555 cm³/mol. The molecule has 8 atom stereocenters. The summed E-state index contributed by atoms with van der Waals surface area (Å²) in [6, 6.07) is 121. The van der Waals surface area contributed by atoms with Crippen LogP contribution in [-0.4, -0.2) is 22.2 Å². The number of rotatable bonds is 10. The minimum atomic E-state index is -0.123. The van der Waals surface area contributed by atoms with Gasteiger partial charge in [-0.3, -0.25) is 0 Å². The maximum Gasteiger partial charge on any atom is 0.0517 e. The first-order valence-electron chi connectivity index (χ1n) is 50.1. The summed E-state index contributed by atoms with van der Waals surface area (Å²) in [5.41, 5.74) is 31.2. The quantitative estimate of drug-likeness (QED) is 0.135. The summed E-state index contributed by atoms with van der Waals surface area (Å²) in [5.74, 6) is 0. The van der Waals surface area contributed by atoms with Gasteiger partial charge in [0.05, 0.1) is 22.2 Å². The van der Waals surface area contributed by atoms with Crippen LogP contribution >= 0.6 is 0 Å². The van der Waals surface area contributed by atoms with E-state index < -0.39 is 0 Å². The fourth-order valence-electron chi connectivity index (χ4n) is 29.4. The molecule has 25 rings (SSSR count). The lowest BCUT2D eigenvalue weighted by molar-refractivity contribution is 0.218. The maximum atomic E-state index is 2.79. The highest BCUT2D eigenvalue weighted by atomic mass is 15.3. The Labute approximate surface area is 770 Å². The standard InChI is InChI=1S/C126H122N4/c1-119-71-35-9-13-39-75-123(119,5)127(89-47-27-19-28-48-89)105-67-55-85(79-101(105)119)93-59-63-97-113-98(64-60-94(111(93)113)86-56-68-106-102(80-86)120(2)72-36-10-14-40-76-124(120,6)128(106)90-49-29-20-30-50-90)116-110(84-45-25-18-26-46-84)118-100-66-62-96(88-58-70-108-104(82-88)122(4)74-38-12-16-42-78-126(122,8)130(108)92-53-33-22-34-54-92)112-95(61-65-99(114(100)112)117(118)109(115(97)116)83-43-23-17-24-44-83)87-57-69-107-103(81-87)121(3)73-37-11-15-41-77-125(121,7)129(107)91-51-31-21-32-52-91/h17-34,43-70,79-82H,9-16,35-42,71-78H2,1-8H3. The molecule has 0 amide bonds. The zero-order valence-corrected chi connectivity index (χ0v) is 77.6. The van der Waals surface area contributed by atoms with E-state index in [0.29, 0.717) is 0 Å². The molecule has 4 nitrogen and oxygen atoms in total. The largest absolute Gasteiger partial charge is 0.334 e. The number of hydrogen-bond acceptors (Lipinski definition) is 4. The Morgan fingerprint density at radius 2 is 0.385 bits per heavy atom. The Morgan fingerprint density at radius 1 is 0.177 bits per heavy atom. The molecule has 4 saturated carbocycles. The average Bonchev–Trinajstić information content (AvgIpc) is 1.58. The van der Waals surface area contributed by atoms with Gasteiger partial charge in [-0.1, -0.05) is 337 Å². The molecule has 4 heteroatoms. The summed E-state index contributed by atoms with van der Waals surface area (Å²) in [4.78, 5) is 11.1. The lowest BCUT2D eigenvalue weighted by atomic mass is 9.63. The van der Waals surface area contributed by atoms with E-state index >= 15 is 0 Å². The van der Waals surface area contributed by atoms with Gasteiger partial charge in [0.15, 0.2) is 0 Å². The van der Waals surface area contributed by atoms with Gasteiger partial charge in [-0.25, -0.2) is 0 Å². The van der Waals surface area contributed by atoms with Crippen molar-refractivity contribution in [3.8, 4) is 66.8 Å². The maximum absolute atomic E-state index is 2.79. The fraction of sp³-hybridized carbons (Fsp3) is 0.317. The van der Waals surface area contributed by atoms with Gasteiger partial charge in [0.2, 0.25) is 0 Å². The number of anilines is 8. The van der Waals surface area contributed by atoms with E-state index in [1.807, 2.05) is 0 Å². The summed E-state index contributed by atoms with van der Waals surface area (Å²) >= 11 is 0. The van der Waals surface area contributed by atoms with E-state index in [9.17, 15) is 0 Å². The van der Waals surface area contributed by atoms with Crippen LogP contribution in [0, 0.1) is 0 Å². The number of nitrogens with zero attached hydrogens (tertiary/aromatic N) is 4. The second kappa shape index (κ2) is 29.8. The van der Waals surface area contributed by atoms with Crippen molar-refractivity contribution in [1.29, 1.82) is 0 Å². The van der Waals surface area contributed by atoms with Crippen molar-refractivity contribution in [1.82, 2.24) is 0 Å². The average molecular weight is 1690 g/mol. The second-order valence-corrected chi connectivity index (χ2v) is 42.8. The number of fused-ring (bicyclic) bond motifs is 18. The third-order valence-electron chi connectivity index (χ3n) is 36.7. The smallest absolute Gasteiger partial charge is 0.0517 e. The molecule has 0 N–H and O–H groups in total. The topological polar surface area (TPSA) is 13.0 Å². The third kappa shape index (κ3) is 11.1. The van der Waals surface area contributed by atoms with Crippen molar-refractivity contribution >= 4 is 110 Å². The molecule has 130 heavy (non-hydrogen) atoms. The first kappa shape index (κ1) is 80.1. The molecule has 0 aromatic heterocycles. The van der Waals surface area contributed by atoms with E-state index in [2.05, 4.69) is 378 Å². The number of hydrogen-bond donors (Lipinski definition) is 0. The van der Waals surface area contributed by atoms with Gasteiger partial charge >= 0.3 is 0 Å². The van der Waals surface area contributed by atoms with Crippen LogP contribution in [0.15, 0.2) is 303 Å². The second-order valence-electron chi connectivity index (χ2n) is 42.8. The Kier molecular flexibility index (Phi) is 18.3. The Hall–Kier alpha value is -12.0. The highest BCUT2D eigenvalue weighted by molar-refractivity contribution is 6.48. The molecule has 646 valence electrons. The lowest BCUT2D eigenvalue weighted by Gasteiger charge is -2.48. The minimum absolute atomic E-state index is 0.108. The highest BCUT2D eigenvalue weighted by Gasteiger charge is 2.61. The first-order chi connectivity index (χ1) is 63.5. The van der Waals surface area contributed by atoms with Gasteiger partial charge in [-0.05, 0) is 330 Å². The molecule has 8 aliphatic rings. The number of para-hydroxylation sites is 4. The van der Waals surface area contributed by atoms with E-state index in [1.54, 1.807) is 0 Å². The zero-order valence-electron chi connectivity index (χ0n) is 77.6. The van der Waals surface area contributed by atoms with E-state index in [4.69, 9.17) is 0 Å². The molecule has 4 fully saturated rings. The lowest BCUT2D eigenvalue weighted by Crippen LogP contribution is -2.53. The molecule has 0 spiro atoms. The molecule has 17 aromatic rings. The summed E-state index contributed by atoms with van der Waals surface area (Å²) in [5, 5.41) is 16.0. The molecular weight excluding hydrogens is 1570 g/mol. The van der Waals surface area contributed by atoms with Crippen LogP contribution in [0.3, 0.4) is 0 Å². The van der Waals surface area contributed by atoms with E-state index in [1.165, 1.54) is 302 Å². The van der Waals surface area contributed by atoms with Crippen LogP contribution in [-0.2, 0) is 21.7 Å². The fourth-order valence-corrected chi connectivity index (χ4v) is 29.4. The molecule has 17 aromatic carbocycles. The molecular formula is C126H122N4. The van der Waals surface area contributed by atoms with E-state index in [-0.39, 0.29) is 43.8 Å². The van der Waals surface area contributed by atoms with Gasteiger partial charge < -0.3 is 19.6 Å². The van der Waals surface area contributed by atoms with Crippen molar-refractivity contribution in [2.75, 3.05) is 19.6 Å². The first-order valence-corrected chi connectivity index (χ1v) is 50.1. The van der Waals surface area contributed by atoms with Crippen LogP contribution < -0.4 is 19.6 Å². The molecule has 0 radical (unpaired) electrons. The van der Waals surface area contributed by atoms with Crippen LogP contribution in [0.5, 0.6) is 0 Å². The Morgan fingerprint density at radius 3 is 0.608 bits per heavy atom. The Balaban J connectivity index is 0.795. The van der Waals surface area contributed by atoms with Gasteiger partial charge in [0.25, 0.3) is 0 Å². The molecule has 4 aliphatic carbocycles. The summed E-state index contributed by atoms with van der Waals surface area (Å²) in [7, 11) is 0. The Bertz CT molecular complexity index is 6520. The van der Waals surface area contributed by atoms with Crippen molar-refractivity contribution in [3.63, 3.8) is 0 Å². The number of benzene rings is 15. The highest BCUT2D eigenvalue weighted by Crippen LogP contribution is 2.68. The van der Waals surface area contributed by atoms with Gasteiger partial charge in [-0.15, -0.1) is 0 Å². The van der Waals surface area contributed by atoms with E-state index in [0.717, 1.165) is 51.4 Å². The van der Waals surface area contributed by atoms with Gasteiger partial charge in [-0.2, -0.15) is 0 Å². The monoisotopic (exact) mass is 1690 g/mol. The van der Waals surface area contributed by atoms with Crippen LogP contribution in [0.4, 0.5) is 45.5 Å². The normalized spacial score (nSPS) is 25.6. The predicted octanol–water partition coefficient (Wildman–Crippen LogP) is 35.6. The van der Waals surface area contributed by atoms with Crippen molar-refractivity contribution in [3.05, 3.63) is 326 Å².